The molecular weight excluding hydrogens is 430 g/mol. The number of pyridine rings is 1. The summed E-state index contributed by atoms with van der Waals surface area (Å²) in [5.74, 6) is 1.73. The molecule has 0 aliphatic carbocycles. The van der Waals surface area contributed by atoms with Crippen LogP contribution in [0.5, 0.6) is 0 Å². The minimum atomic E-state index is -0.139. The van der Waals surface area contributed by atoms with E-state index in [1.54, 1.807) is 15.6 Å². The van der Waals surface area contributed by atoms with Crippen molar-refractivity contribution in [2.24, 2.45) is 0 Å². The van der Waals surface area contributed by atoms with Crippen LogP contribution in [-0.4, -0.2) is 52.6 Å². The summed E-state index contributed by atoms with van der Waals surface area (Å²) in [4.78, 5) is 29.6. The van der Waals surface area contributed by atoms with Crippen LogP contribution in [0.25, 0.3) is 16.9 Å². The van der Waals surface area contributed by atoms with Gasteiger partial charge in [0.25, 0.3) is 5.56 Å². The predicted molar refractivity (Wildman–Crippen MR) is 132 cm³/mol. The molecule has 4 aromatic heterocycles. The summed E-state index contributed by atoms with van der Waals surface area (Å²) in [6.07, 6.45) is 1.58. The van der Waals surface area contributed by atoms with E-state index in [1.807, 2.05) is 42.8 Å². The van der Waals surface area contributed by atoms with Crippen LogP contribution in [0.1, 0.15) is 52.0 Å². The fourth-order valence-electron chi connectivity index (χ4n) is 4.28. The van der Waals surface area contributed by atoms with Gasteiger partial charge in [0.2, 0.25) is 5.95 Å². The monoisotopic (exact) mass is 461 g/mol. The average molecular weight is 462 g/mol. The van der Waals surface area contributed by atoms with Crippen molar-refractivity contribution in [3.8, 4) is 5.82 Å². The molecule has 0 amide bonds. The number of hydrogen-bond donors (Lipinski definition) is 1. The molecule has 34 heavy (non-hydrogen) atoms. The molecule has 0 aromatic carbocycles. The van der Waals surface area contributed by atoms with Crippen LogP contribution in [-0.2, 0) is 18.5 Å². The second-order valence-corrected chi connectivity index (χ2v) is 10.2. The van der Waals surface area contributed by atoms with Gasteiger partial charge in [-0.3, -0.25) is 14.4 Å². The summed E-state index contributed by atoms with van der Waals surface area (Å²) < 4.78 is 5.49. The van der Waals surface area contributed by atoms with Crippen molar-refractivity contribution in [1.29, 1.82) is 0 Å². The third-order valence-electron chi connectivity index (χ3n) is 6.06. The maximum absolute atomic E-state index is 13.3. The fourth-order valence-corrected chi connectivity index (χ4v) is 4.28. The van der Waals surface area contributed by atoms with Crippen molar-refractivity contribution in [2.75, 3.05) is 18.9 Å². The Balaban J connectivity index is 1.62. The maximum Gasteiger partial charge on any atom is 0.278 e. The third-order valence-corrected chi connectivity index (χ3v) is 6.06. The number of likely N-dealkylation sites (N-methyl/N-ethyl adjacent to an activating group) is 1. The second-order valence-electron chi connectivity index (χ2n) is 10.2. The summed E-state index contributed by atoms with van der Waals surface area (Å²) in [6.45, 7) is 13.0. The quantitative estimate of drug-likeness (QED) is 0.498. The van der Waals surface area contributed by atoms with Crippen LogP contribution in [0.15, 0.2) is 35.3 Å². The number of fused-ring (bicyclic) bond motifs is 2. The molecule has 0 unspecified atom stereocenters. The molecule has 1 aliphatic heterocycles. The highest BCUT2D eigenvalue weighted by atomic mass is 16.1. The highest BCUT2D eigenvalue weighted by molar-refractivity contribution is 5.77. The van der Waals surface area contributed by atoms with E-state index in [-0.39, 0.29) is 17.0 Å². The lowest BCUT2D eigenvalue weighted by molar-refractivity contribution is 0.259. The second kappa shape index (κ2) is 8.05. The molecule has 4 aromatic rings. The zero-order valence-corrected chi connectivity index (χ0v) is 20.6. The predicted octanol–water partition coefficient (Wildman–Crippen LogP) is 3.24. The lowest BCUT2D eigenvalue weighted by Gasteiger charge is -2.22. The van der Waals surface area contributed by atoms with E-state index >= 15 is 0 Å². The number of aromatic nitrogens is 7. The molecule has 0 atom stereocenters. The Bertz CT molecular complexity index is 1420. The molecule has 1 aliphatic rings. The Morgan fingerprint density at radius 3 is 2.65 bits per heavy atom. The van der Waals surface area contributed by atoms with Crippen LogP contribution < -0.4 is 10.9 Å². The average Bonchev–Trinajstić information content (AvgIpc) is 3.30. The third kappa shape index (κ3) is 3.87. The molecule has 5 rings (SSSR count). The molecule has 1 N–H and O–H groups in total. The number of anilines is 2. The van der Waals surface area contributed by atoms with E-state index in [2.05, 4.69) is 48.1 Å². The largest absolute Gasteiger partial charge is 0.307 e. The zero-order valence-electron chi connectivity index (χ0n) is 20.6. The highest BCUT2D eigenvalue weighted by Crippen LogP contribution is 2.24. The topological polar surface area (TPSA) is 98.7 Å². The Labute approximate surface area is 198 Å². The number of hydrogen-bond acceptors (Lipinski definition) is 7. The fraction of sp³-hybridized carbons (Fsp3) is 0.458. The van der Waals surface area contributed by atoms with Crippen LogP contribution in [0.4, 0.5) is 11.8 Å². The van der Waals surface area contributed by atoms with Gasteiger partial charge in [-0.05, 0) is 33.0 Å². The Kier molecular flexibility index (Phi) is 5.27. The lowest BCUT2D eigenvalue weighted by Crippen LogP contribution is -2.30. The molecule has 178 valence electrons. The molecule has 0 spiro atoms. The SMILES string of the molecule is CC(C)n1c(=O)c2cnc(Nc3cc4n(n3)CCN(C)C4)nc2n1-c1cccc(C(C)(C)C)n1. The Morgan fingerprint density at radius 1 is 1.12 bits per heavy atom. The van der Waals surface area contributed by atoms with Gasteiger partial charge in [0.15, 0.2) is 17.3 Å². The zero-order chi connectivity index (χ0) is 24.2. The van der Waals surface area contributed by atoms with Gasteiger partial charge in [0.1, 0.15) is 5.39 Å². The molecule has 0 fully saturated rings. The minimum Gasteiger partial charge on any atom is -0.307 e. The molecule has 0 bridgehead atoms. The molecule has 0 saturated carbocycles. The molecular formula is C24H31N9O. The first-order chi connectivity index (χ1) is 16.1. The van der Waals surface area contributed by atoms with E-state index in [0.717, 1.165) is 31.0 Å². The van der Waals surface area contributed by atoms with Gasteiger partial charge in [-0.15, -0.1) is 0 Å². The van der Waals surface area contributed by atoms with Crippen LogP contribution in [0, 0.1) is 0 Å². The van der Waals surface area contributed by atoms with Gasteiger partial charge in [-0.2, -0.15) is 10.1 Å². The van der Waals surface area contributed by atoms with Gasteiger partial charge < -0.3 is 5.32 Å². The van der Waals surface area contributed by atoms with Crippen molar-refractivity contribution in [1.82, 2.24) is 39.0 Å². The highest BCUT2D eigenvalue weighted by Gasteiger charge is 2.23. The number of rotatable bonds is 4. The molecule has 0 saturated heterocycles. The standard InChI is InChI=1S/C24H31N9O/c1-15(2)32-22(34)17-13-25-23(27-19-12-16-14-30(6)10-11-31(16)29-19)28-21(17)33(32)20-9-7-8-18(26-20)24(3,4)5/h7-9,12-13,15H,10-11,14H2,1-6H3,(H,25,27,28,29). The van der Waals surface area contributed by atoms with Gasteiger partial charge in [-0.1, -0.05) is 26.8 Å². The van der Waals surface area contributed by atoms with Gasteiger partial charge in [-0.25, -0.2) is 19.3 Å². The van der Waals surface area contributed by atoms with E-state index in [1.165, 1.54) is 0 Å². The van der Waals surface area contributed by atoms with Crippen molar-refractivity contribution >= 4 is 22.8 Å². The number of nitrogens with one attached hydrogen (secondary N) is 1. The molecule has 10 nitrogen and oxygen atoms in total. The van der Waals surface area contributed by atoms with Crippen LogP contribution in [0.2, 0.25) is 0 Å². The summed E-state index contributed by atoms with van der Waals surface area (Å²) in [5, 5.41) is 8.32. The maximum atomic E-state index is 13.3. The van der Waals surface area contributed by atoms with Crippen molar-refractivity contribution in [2.45, 2.75) is 59.2 Å². The molecule has 10 heteroatoms. The summed E-state index contributed by atoms with van der Waals surface area (Å²) in [7, 11) is 2.10. The first-order valence-electron chi connectivity index (χ1n) is 11.6. The first kappa shape index (κ1) is 22.3. The summed E-state index contributed by atoms with van der Waals surface area (Å²) >= 11 is 0. The van der Waals surface area contributed by atoms with Crippen molar-refractivity contribution in [3.63, 3.8) is 0 Å². The Morgan fingerprint density at radius 2 is 1.91 bits per heavy atom. The molecule has 5 heterocycles. The van der Waals surface area contributed by atoms with Crippen LogP contribution in [0.3, 0.4) is 0 Å². The van der Waals surface area contributed by atoms with Gasteiger partial charge >= 0.3 is 0 Å². The number of nitrogens with zero attached hydrogens (tertiary/aromatic N) is 8. The summed E-state index contributed by atoms with van der Waals surface area (Å²) in [6, 6.07) is 7.81. The van der Waals surface area contributed by atoms with E-state index in [4.69, 9.17) is 9.97 Å². The van der Waals surface area contributed by atoms with E-state index in [9.17, 15) is 4.79 Å². The van der Waals surface area contributed by atoms with Crippen LogP contribution >= 0.6 is 0 Å². The Hall–Kier alpha value is -3.53. The first-order valence-corrected chi connectivity index (χ1v) is 11.6. The van der Waals surface area contributed by atoms with E-state index < -0.39 is 0 Å². The van der Waals surface area contributed by atoms with Gasteiger partial charge in [0, 0.05) is 42.5 Å². The van der Waals surface area contributed by atoms with Gasteiger partial charge in [0.05, 0.1) is 12.2 Å². The normalized spacial score (nSPS) is 14.7. The smallest absolute Gasteiger partial charge is 0.278 e. The van der Waals surface area contributed by atoms with Crippen molar-refractivity contribution < 1.29 is 0 Å². The molecule has 0 radical (unpaired) electrons. The van der Waals surface area contributed by atoms with E-state index in [0.29, 0.717) is 28.6 Å². The minimum absolute atomic E-state index is 0.0879. The van der Waals surface area contributed by atoms with Crippen molar-refractivity contribution in [3.05, 3.63) is 52.2 Å². The lowest BCUT2D eigenvalue weighted by atomic mass is 9.92. The summed E-state index contributed by atoms with van der Waals surface area (Å²) in [5.41, 5.74) is 2.33.